The molecule has 100 valence electrons. The molecule has 0 amide bonds. The number of aryl methyl sites for hydroxylation is 1. The third kappa shape index (κ3) is 3.84. The Hall–Kier alpha value is -1.36. The molecule has 1 unspecified atom stereocenters. The first-order valence-electron chi connectivity index (χ1n) is 6.82. The van der Waals surface area contributed by atoms with E-state index in [0.29, 0.717) is 5.92 Å². The van der Waals surface area contributed by atoms with Crippen LogP contribution in [0.4, 0.5) is 11.6 Å². The molecule has 1 aromatic heterocycles. The molecule has 18 heavy (non-hydrogen) atoms. The zero-order valence-corrected chi connectivity index (χ0v) is 11.3. The summed E-state index contributed by atoms with van der Waals surface area (Å²) in [5, 5.41) is 10.1. The van der Waals surface area contributed by atoms with Crippen molar-refractivity contribution in [3.8, 4) is 0 Å². The van der Waals surface area contributed by atoms with Gasteiger partial charge in [0.25, 0.3) is 0 Å². The van der Waals surface area contributed by atoms with E-state index in [-0.39, 0.29) is 0 Å². The number of hydrogen-bond donors (Lipinski definition) is 3. The van der Waals surface area contributed by atoms with Crippen molar-refractivity contribution in [3.05, 3.63) is 11.9 Å². The van der Waals surface area contributed by atoms with E-state index in [2.05, 4.69) is 32.8 Å². The van der Waals surface area contributed by atoms with Crippen LogP contribution in [-0.2, 0) is 0 Å². The third-order valence-corrected chi connectivity index (χ3v) is 3.13. The van der Waals surface area contributed by atoms with Crippen molar-refractivity contribution in [2.45, 2.75) is 26.7 Å². The normalized spacial score (nSPS) is 18.9. The highest BCUT2D eigenvalue weighted by atomic mass is 15.1. The molecule has 0 bridgehead atoms. The van der Waals surface area contributed by atoms with Gasteiger partial charge in [0.1, 0.15) is 17.5 Å². The van der Waals surface area contributed by atoms with E-state index in [4.69, 9.17) is 0 Å². The molecule has 0 radical (unpaired) electrons. The second kappa shape index (κ2) is 6.54. The van der Waals surface area contributed by atoms with Crippen LogP contribution in [0.25, 0.3) is 0 Å². The second-order valence-corrected chi connectivity index (χ2v) is 4.85. The first-order valence-corrected chi connectivity index (χ1v) is 6.82. The fourth-order valence-electron chi connectivity index (χ4n) is 2.14. The molecule has 5 heteroatoms. The van der Waals surface area contributed by atoms with Crippen LogP contribution < -0.4 is 16.0 Å². The van der Waals surface area contributed by atoms with Crippen LogP contribution in [0.3, 0.4) is 0 Å². The van der Waals surface area contributed by atoms with E-state index in [9.17, 15) is 0 Å². The van der Waals surface area contributed by atoms with E-state index in [1.54, 1.807) is 0 Å². The Morgan fingerprint density at radius 2 is 2.11 bits per heavy atom. The van der Waals surface area contributed by atoms with Gasteiger partial charge in [0, 0.05) is 19.2 Å². The van der Waals surface area contributed by atoms with Crippen LogP contribution in [0.2, 0.25) is 0 Å². The quantitative estimate of drug-likeness (QED) is 0.715. The SMILES string of the molecule is CCCNc1cc(NCC2CCNC2)nc(C)n1. The monoisotopic (exact) mass is 249 g/mol. The van der Waals surface area contributed by atoms with Gasteiger partial charge in [-0.25, -0.2) is 9.97 Å². The van der Waals surface area contributed by atoms with Crippen molar-refractivity contribution >= 4 is 11.6 Å². The summed E-state index contributed by atoms with van der Waals surface area (Å²) in [5.41, 5.74) is 0. The zero-order valence-electron chi connectivity index (χ0n) is 11.3. The van der Waals surface area contributed by atoms with Crippen molar-refractivity contribution < 1.29 is 0 Å². The Labute approximate surface area is 109 Å². The summed E-state index contributed by atoms with van der Waals surface area (Å²) >= 11 is 0. The Balaban J connectivity index is 1.91. The lowest BCUT2D eigenvalue weighted by Crippen LogP contribution is -2.18. The van der Waals surface area contributed by atoms with Gasteiger partial charge in [0.05, 0.1) is 0 Å². The zero-order chi connectivity index (χ0) is 12.8. The average molecular weight is 249 g/mol. The predicted molar refractivity (Wildman–Crippen MR) is 75.0 cm³/mol. The molecule has 5 nitrogen and oxygen atoms in total. The van der Waals surface area contributed by atoms with Crippen LogP contribution in [0.15, 0.2) is 6.07 Å². The van der Waals surface area contributed by atoms with Gasteiger partial charge in [-0.3, -0.25) is 0 Å². The minimum Gasteiger partial charge on any atom is -0.370 e. The molecule has 0 aromatic carbocycles. The summed E-state index contributed by atoms with van der Waals surface area (Å²) in [6.45, 7) is 8.25. The maximum absolute atomic E-state index is 4.42. The van der Waals surface area contributed by atoms with Gasteiger partial charge < -0.3 is 16.0 Å². The third-order valence-electron chi connectivity index (χ3n) is 3.13. The summed E-state index contributed by atoms with van der Waals surface area (Å²) in [6.07, 6.45) is 2.34. The van der Waals surface area contributed by atoms with Gasteiger partial charge in [-0.15, -0.1) is 0 Å². The number of anilines is 2. The summed E-state index contributed by atoms with van der Waals surface area (Å²) in [7, 11) is 0. The molecular weight excluding hydrogens is 226 g/mol. The van der Waals surface area contributed by atoms with Gasteiger partial charge in [0.2, 0.25) is 0 Å². The average Bonchev–Trinajstić information content (AvgIpc) is 2.86. The number of rotatable bonds is 6. The summed E-state index contributed by atoms with van der Waals surface area (Å²) in [5.74, 6) is 3.36. The van der Waals surface area contributed by atoms with E-state index < -0.39 is 0 Å². The van der Waals surface area contributed by atoms with Crippen LogP contribution >= 0.6 is 0 Å². The lowest BCUT2D eigenvalue weighted by molar-refractivity contribution is 0.614. The van der Waals surface area contributed by atoms with E-state index in [0.717, 1.165) is 50.1 Å². The van der Waals surface area contributed by atoms with Gasteiger partial charge in [-0.2, -0.15) is 0 Å². The standard InChI is InChI=1S/C13H23N5/c1-3-5-15-12-7-13(18-10(2)17-12)16-9-11-4-6-14-8-11/h7,11,14H,3-6,8-9H2,1-2H3,(H2,15,16,17,18). The molecule has 1 aliphatic rings. The van der Waals surface area contributed by atoms with Crippen molar-refractivity contribution in [1.29, 1.82) is 0 Å². The Bertz CT molecular complexity index is 374. The molecular formula is C13H23N5. The molecule has 0 spiro atoms. The number of nitrogens with zero attached hydrogens (tertiary/aromatic N) is 2. The van der Waals surface area contributed by atoms with Crippen molar-refractivity contribution in [3.63, 3.8) is 0 Å². The van der Waals surface area contributed by atoms with E-state index >= 15 is 0 Å². The Morgan fingerprint density at radius 1 is 1.33 bits per heavy atom. The first-order chi connectivity index (χ1) is 8.78. The topological polar surface area (TPSA) is 61.9 Å². The summed E-state index contributed by atoms with van der Waals surface area (Å²) in [6, 6.07) is 1.99. The van der Waals surface area contributed by atoms with Crippen molar-refractivity contribution in [1.82, 2.24) is 15.3 Å². The number of hydrogen-bond acceptors (Lipinski definition) is 5. The van der Waals surface area contributed by atoms with Crippen LogP contribution in [0.1, 0.15) is 25.6 Å². The predicted octanol–water partition coefficient (Wildman–Crippen LogP) is 1.63. The minimum atomic E-state index is 0.715. The molecule has 2 rings (SSSR count). The molecule has 1 aliphatic heterocycles. The maximum atomic E-state index is 4.42. The highest BCUT2D eigenvalue weighted by Gasteiger charge is 2.14. The molecule has 1 aromatic rings. The fourth-order valence-corrected chi connectivity index (χ4v) is 2.14. The van der Waals surface area contributed by atoms with Crippen LogP contribution in [-0.4, -0.2) is 36.1 Å². The minimum absolute atomic E-state index is 0.715. The second-order valence-electron chi connectivity index (χ2n) is 4.85. The molecule has 3 N–H and O–H groups in total. The number of aromatic nitrogens is 2. The van der Waals surface area contributed by atoms with Gasteiger partial charge in [-0.05, 0) is 38.8 Å². The maximum Gasteiger partial charge on any atom is 0.131 e. The first kappa shape index (κ1) is 13.1. The van der Waals surface area contributed by atoms with Crippen molar-refractivity contribution in [2.24, 2.45) is 5.92 Å². The highest BCUT2D eigenvalue weighted by molar-refractivity contribution is 5.47. The van der Waals surface area contributed by atoms with Crippen molar-refractivity contribution in [2.75, 3.05) is 36.8 Å². The molecule has 1 saturated heterocycles. The van der Waals surface area contributed by atoms with E-state index in [1.807, 2.05) is 13.0 Å². The van der Waals surface area contributed by atoms with Crippen LogP contribution in [0.5, 0.6) is 0 Å². The summed E-state index contributed by atoms with van der Waals surface area (Å²) < 4.78 is 0. The largest absolute Gasteiger partial charge is 0.370 e. The molecule has 2 heterocycles. The lowest BCUT2D eigenvalue weighted by Gasteiger charge is -2.12. The molecule has 0 saturated carbocycles. The van der Waals surface area contributed by atoms with Gasteiger partial charge in [0.15, 0.2) is 0 Å². The highest BCUT2D eigenvalue weighted by Crippen LogP contribution is 2.13. The van der Waals surface area contributed by atoms with Crippen LogP contribution in [0, 0.1) is 12.8 Å². The number of nitrogens with one attached hydrogen (secondary N) is 3. The Morgan fingerprint density at radius 3 is 2.78 bits per heavy atom. The lowest BCUT2D eigenvalue weighted by atomic mass is 10.1. The summed E-state index contributed by atoms with van der Waals surface area (Å²) in [4.78, 5) is 8.80. The Kier molecular flexibility index (Phi) is 4.75. The molecule has 0 aliphatic carbocycles. The fraction of sp³-hybridized carbons (Fsp3) is 0.692. The van der Waals surface area contributed by atoms with E-state index in [1.165, 1.54) is 6.42 Å². The van der Waals surface area contributed by atoms with Gasteiger partial charge in [-0.1, -0.05) is 6.92 Å². The molecule has 1 fully saturated rings. The smallest absolute Gasteiger partial charge is 0.131 e. The van der Waals surface area contributed by atoms with Gasteiger partial charge >= 0.3 is 0 Å². The molecule has 1 atom stereocenters.